The Bertz CT molecular complexity index is 781. The second-order valence-corrected chi connectivity index (χ2v) is 7.05. The Kier molecular flexibility index (Phi) is 4.75. The van der Waals surface area contributed by atoms with Crippen molar-refractivity contribution in [2.45, 2.75) is 18.2 Å². The number of fused-ring (bicyclic) bond motifs is 1. The molecule has 0 bridgehead atoms. The van der Waals surface area contributed by atoms with Crippen molar-refractivity contribution < 1.29 is 4.79 Å². The molecule has 1 aromatic heterocycles. The number of nitrogens with one attached hydrogen (secondary N) is 1. The second kappa shape index (κ2) is 6.94. The Hall–Kier alpha value is -1.85. The topological polar surface area (TPSA) is 42.0 Å². The Morgan fingerprint density at radius 3 is 2.86 bits per heavy atom. The van der Waals surface area contributed by atoms with Crippen molar-refractivity contribution in [3.63, 3.8) is 0 Å². The summed E-state index contributed by atoms with van der Waals surface area (Å²) in [6, 6.07) is 14.2. The Morgan fingerprint density at radius 2 is 2.05 bits per heavy atom. The number of hydrogen-bond donors (Lipinski definition) is 1. The molecule has 0 spiro atoms. The fourth-order valence-electron chi connectivity index (χ4n) is 2.06. The van der Waals surface area contributed by atoms with E-state index in [0.717, 1.165) is 21.7 Å². The van der Waals surface area contributed by atoms with E-state index in [1.165, 1.54) is 10.5 Å². The zero-order valence-corrected chi connectivity index (χ0v) is 13.8. The molecule has 1 amide bonds. The summed E-state index contributed by atoms with van der Waals surface area (Å²) in [6.07, 6.45) is 0.494. The van der Waals surface area contributed by atoms with Crippen LogP contribution in [0.15, 0.2) is 52.9 Å². The Morgan fingerprint density at radius 1 is 1.23 bits per heavy atom. The van der Waals surface area contributed by atoms with Crippen molar-refractivity contribution in [3.05, 3.63) is 53.5 Å². The quantitative estimate of drug-likeness (QED) is 0.689. The van der Waals surface area contributed by atoms with Crippen molar-refractivity contribution in [1.82, 2.24) is 4.98 Å². The monoisotopic (exact) mass is 328 g/mol. The molecule has 3 aromatic rings. The van der Waals surface area contributed by atoms with Crippen LogP contribution < -0.4 is 5.32 Å². The third-order valence-corrected chi connectivity index (χ3v) is 5.06. The molecule has 3 rings (SSSR count). The van der Waals surface area contributed by atoms with Gasteiger partial charge >= 0.3 is 0 Å². The second-order valence-electron chi connectivity index (χ2n) is 4.99. The van der Waals surface area contributed by atoms with E-state index in [0.29, 0.717) is 6.42 Å². The summed E-state index contributed by atoms with van der Waals surface area (Å²) in [5.41, 5.74) is 4.80. The van der Waals surface area contributed by atoms with Crippen molar-refractivity contribution >= 4 is 44.9 Å². The molecule has 1 N–H and O–H groups in total. The van der Waals surface area contributed by atoms with Crippen LogP contribution in [0.3, 0.4) is 0 Å². The highest BCUT2D eigenvalue weighted by Gasteiger charge is 2.05. The van der Waals surface area contributed by atoms with Crippen LogP contribution in [-0.2, 0) is 4.79 Å². The van der Waals surface area contributed by atoms with Crippen molar-refractivity contribution in [1.29, 1.82) is 0 Å². The van der Waals surface area contributed by atoms with Crippen LogP contribution in [-0.4, -0.2) is 16.6 Å². The molecule has 2 aromatic carbocycles. The van der Waals surface area contributed by atoms with Crippen LogP contribution in [0.2, 0.25) is 0 Å². The summed E-state index contributed by atoms with van der Waals surface area (Å²) in [7, 11) is 0. The van der Waals surface area contributed by atoms with Crippen molar-refractivity contribution in [2.24, 2.45) is 0 Å². The number of hydrogen-bond acceptors (Lipinski definition) is 4. The molecule has 0 aliphatic heterocycles. The van der Waals surface area contributed by atoms with Gasteiger partial charge < -0.3 is 5.32 Å². The molecule has 0 radical (unpaired) electrons. The van der Waals surface area contributed by atoms with E-state index in [2.05, 4.69) is 41.5 Å². The number of nitrogens with zero attached hydrogens (tertiary/aromatic N) is 1. The van der Waals surface area contributed by atoms with Crippen molar-refractivity contribution in [2.75, 3.05) is 11.1 Å². The average Bonchev–Trinajstić information content (AvgIpc) is 2.97. The van der Waals surface area contributed by atoms with Gasteiger partial charge in [0.15, 0.2) is 0 Å². The van der Waals surface area contributed by atoms with E-state index in [-0.39, 0.29) is 5.91 Å². The van der Waals surface area contributed by atoms with Crippen LogP contribution in [0.25, 0.3) is 10.2 Å². The van der Waals surface area contributed by atoms with Gasteiger partial charge in [-0.25, -0.2) is 4.98 Å². The van der Waals surface area contributed by atoms with Gasteiger partial charge in [0.05, 0.1) is 15.7 Å². The first-order chi connectivity index (χ1) is 10.7. The maximum Gasteiger partial charge on any atom is 0.225 e. The summed E-state index contributed by atoms with van der Waals surface area (Å²) in [5.74, 6) is 0.808. The normalized spacial score (nSPS) is 10.8. The molecule has 0 saturated carbocycles. The summed E-state index contributed by atoms with van der Waals surface area (Å²) < 4.78 is 1.13. The molecular weight excluding hydrogens is 312 g/mol. The predicted molar refractivity (Wildman–Crippen MR) is 94.8 cm³/mol. The van der Waals surface area contributed by atoms with Crippen molar-refractivity contribution in [3.8, 4) is 0 Å². The lowest BCUT2D eigenvalue weighted by Crippen LogP contribution is -2.12. The molecule has 0 atom stereocenters. The lowest BCUT2D eigenvalue weighted by Gasteiger charge is -2.05. The van der Waals surface area contributed by atoms with Gasteiger partial charge in [-0.05, 0) is 37.3 Å². The minimum absolute atomic E-state index is 0.0363. The number of rotatable bonds is 5. The maximum atomic E-state index is 12.0. The van der Waals surface area contributed by atoms with Crippen LogP contribution >= 0.6 is 23.1 Å². The standard InChI is InChI=1S/C17H16N2OS2/c1-12-2-5-14(6-3-12)21-9-8-17(20)19-13-4-7-16-15(10-13)18-11-22-16/h2-7,10-11H,8-9H2,1H3,(H,19,20). The average molecular weight is 328 g/mol. The van der Waals surface area contributed by atoms with Gasteiger partial charge in [0.1, 0.15) is 0 Å². The Labute approximate surface area is 137 Å². The molecule has 5 heteroatoms. The fraction of sp³-hybridized carbons (Fsp3) is 0.176. The maximum absolute atomic E-state index is 12.0. The summed E-state index contributed by atoms with van der Waals surface area (Å²) >= 11 is 3.30. The molecule has 1 heterocycles. The van der Waals surface area contributed by atoms with Crippen LogP contribution in [0.5, 0.6) is 0 Å². The zero-order valence-electron chi connectivity index (χ0n) is 12.2. The first-order valence-electron chi connectivity index (χ1n) is 7.03. The Balaban J connectivity index is 1.50. The van der Waals surface area contributed by atoms with E-state index in [1.807, 2.05) is 23.7 Å². The number of thioether (sulfide) groups is 1. The highest BCUT2D eigenvalue weighted by molar-refractivity contribution is 7.99. The van der Waals surface area contributed by atoms with Gasteiger partial charge in [0, 0.05) is 22.8 Å². The predicted octanol–water partition coefficient (Wildman–Crippen LogP) is 4.73. The zero-order chi connectivity index (χ0) is 15.4. The molecule has 0 unspecified atom stereocenters. The molecular formula is C17H16N2OS2. The van der Waals surface area contributed by atoms with E-state index in [9.17, 15) is 4.79 Å². The van der Waals surface area contributed by atoms with Crippen LogP contribution in [0, 0.1) is 6.92 Å². The molecule has 0 fully saturated rings. The van der Waals surface area contributed by atoms with E-state index in [4.69, 9.17) is 0 Å². The van der Waals surface area contributed by atoms with Gasteiger partial charge in [0.25, 0.3) is 0 Å². The number of thiazole rings is 1. The fourth-order valence-corrected chi connectivity index (χ4v) is 3.57. The largest absolute Gasteiger partial charge is 0.326 e. The van der Waals surface area contributed by atoms with E-state index in [1.54, 1.807) is 23.1 Å². The molecule has 0 aliphatic rings. The lowest BCUT2D eigenvalue weighted by molar-refractivity contribution is -0.115. The molecule has 3 nitrogen and oxygen atoms in total. The van der Waals surface area contributed by atoms with Gasteiger partial charge in [-0.3, -0.25) is 4.79 Å². The number of carbonyl (C=O) groups is 1. The number of amides is 1. The minimum atomic E-state index is 0.0363. The van der Waals surface area contributed by atoms with Gasteiger partial charge in [-0.2, -0.15) is 0 Å². The third-order valence-electron chi connectivity index (χ3n) is 3.23. The molecule has 22 heavy (non-hydrogen) atoms. The third kappa shape index (κ3) is 3.87. The van der Waals surface area contributed by atoms with Crippen LogP contribution in [0.4, 0.5) is 5.69 Å². The number of anilines is 1. The van der Waals surface area contributed by atoms with Gasteiger partial charge in [-0.1, -0.05) is 17.7 Å². The SMILES string of the molecule is Cc1ccc(SCCC(=O)Nc2ccc3scnc3c2)cc1. The number of aryl methyl sites for hydroxylation is 1. The summed E-state index contributed by atoms with van der Waals surface area (Å²) in [4.78, 5) is 17.4. The van der Waals surface area contributed by atoms with Gasteiger partial charge in [-0.15, -0.1) is 23.1 Å². The number of aromatic nitrogens is 1. The number of carbonyl (C=O) groups excluding carboxylic acids is 1. The first-order valence-corrected chi connectivity index (χ1v) is 8.90. The minimum Gasteiger partial charge on any atom is -0.326 e. The number of benzene rings is 2. The molecule has 0 aliphatic carbocycles. The first kappa shape index (κ1) is 15.1. The smallest absolute Gasteiger partial charge is 0.225 e. The van der Waals surface area contributed by atoms with Crippen LogP contribution in [0.1, 0.15) is 12.0 Å². The highest BCUT2D eigenvalue weighted by Crippen LogP contribution is 2.22. The summed E-state index contributed by atoms with van der Waals surface area (Å²) in [5, 5.41) is 2.93. The molecule has 112 valence electrons. The summed E-state index contributed by atoms with van der Waals surface area (Å²) in [6.45, 7) is 2.07. The van der Waals surface area contributed by atoms with E-state index < -0.39 is 0 Å². The lowest BCUT2D eigenvalue weighted by atomic mass is 10.2. The highest BCUT2D eigenvalue weighted by atomic mass is 32.2. The van der Waals surface area contributed by atoms with Gasteiger partial charge in [0.2, 0.25) is 5.91 Å². The van der Waals surface area contributed by atoms with E-state index >= 15 is 0 Å². The molecule has 0 saturated heterocycles.